The van der Waals surface area contributed by atoms with E-state index in [4.69, 9.17) is 0 Å². The van der Waals surface area contributed by atoms with E-state index in [1.54, 1.807) is 29.2 Å². The molecule has 1 N–H and O–H groups in total. The van der Waals surface area contributed by atoms with Gasteiger partial charge in [0.15, 0.2) is 5.13 Å². The average molecular weight is 355 g/mol. The number of amides is 2. The molecule has 2 aromatic rings. The maximum Gasteiger partial charge on any atom is 0.257 e. The zero-order valence-electron chi connectivity index (χ0n) is 14.3. The summed E-state index contributed by atoms with van der Waals surface area (Å²) < 4.78 is 0. The maximum absolute atomic E-state index is 12.6. The van der Waals surface area contributed by atoms with E-state index >= 15 is 0 Å². The maximum atomic E-state index is 12.6. The molecular weight excluding hydrogens is 334 g/mol. The quantitative estimate of drug-likeness (QED) is 0.838. The lowest BCUT2D eigenvalue weighted by molar-refractivity contribution is -0.116. The molecule has 0 bridgehead atoms. The first-order chi connectivity index (χ1) is 12.1. The molecule has 25 heavy (non-hydrogen) atoms. The molecule has 1 aromatic heterocycles. The van der Waals surface area contributed by atoms with E-state index in [-0.39, 0.29) is 11.8 Å². The molecule has 2 amide bonds. The number of thiazole rings is 1. The lowest BCUT2D eigenvalue weighted by Gasteiger charge is -2.14. The molecule has 1 aliphatic heterocycles. The fraction of sp³-hybridized carbons (Fsp3) is 0.421. The number of rotatable bonds is 2. The van der Waals surface area contributed by atoms with Crippen LogP contribution in [0, 0.1) is 0 Å². The smallest absolute Gasteiger partial charge is 0.257 e. The SMILES string of the molecule is CC(=O)N1CCc2cc(C(=O)Nc3nc4c(s3)CCCCC4)ccc21. The van der Waals surface area contributed by atoms with Crippen LogP contribution in [-0.4, -0.2) is 23.3 Å². The number of fused-ring (bicyclic) bond motifs is 2. The summed E-state index contributed by atoms with van der Waals surface area (Å²) in [4.78, 5) is 31.9. The number of carbonyl (C=O) groups excluding carboxylic acids is 2. The second-order valence-corrected chi connectivity index (χ2v) is 7.75. The van der Waals surface area contributed by atoms with E-state index in [2.05, 4.69) is 10.3 Å². The minimum Gasteiger partial charge on any atom is -0.312 e. The Balaban J connectivity index is 1.51. The largest absolute Gasteiger partial charge is 0.312 e. The van der Waals surface area contributed by atoms with Gasteiger partial charge in [-0.3, -0.25) is 14.9 Å². The summed E-state index contributed by atoms with van der Waals surface area (Å²) in [6, 6.07) is 5.55. The van der Waals surface area contributed by atoms with Gasteiger partial charge in [0.1, 0.15) is 0 Å². The van der Waals surface area contributed by atoms with E-state index < -0.39 is 0 Å². The van der Waals surface area contributed by atoms with Crippen molar-refractivity contribution < 1.29 is 9.59 Å². The summed E-state index contributed by atoms with van der Waals surface area (Å²) in [5.74, 6) is -0.0896. The van der Waals surface area contributed by atoms with Gasteiger partial charge in [0.25, 0.3) is 5.91 Å². The van der Waals surface area contributed by atoms with Crippen LogP contribution in [0.15, 0.2) is 18.2 Å². The molecule has 0 atom stereocenters. The van der Waals surface area contributed by atoms with Gasteiger partial charge in [-0.2, -0.15) is 0 Å². The van der Waals surface area contributed by atoms with Gasteiger partial charge in [0.2, 0.25) is 5.91 Å². The highest BCUT2D eigenvalue weighted by atomic mass is 32.1. The Bertz CT molecular complexity index is 820. The average Bonchev–Trinajstić information content (AvgIpc) is 3.12. The lowest BCUT2D eigenvalue weighted by Crippen LogP contribution is -2.25. The molecule has 4 rings (SSSR count). The van der Waals surface area contributed by atoms with Crippen LogP contribution in [-0.2, 0) is 24.1 Å². The number of aryl methyl sites for hydroxylation is 2. The monoisotopic (exact) mass is 355 g/mol. The molecule has 5 nitrogen and oxygen atoms in total. The van der Waals surface area contributed by atoms with Gasteiger partial charge < -0.3 is 4.90 Å². The van der Waals surface area contributed by atoms with Crippen LogP contribution < -0.4 is 10.2 Å². The van der Waals surface area contributed by atoms with Crippen molar-refractivity contribution in [3.05, 3.63) is 39.9 Å². The first-order valence-corrected chi connectivity index (χ1v) is 9.64. The molecule has 0 unspecified atom stereocenters. The van der Waals surface area contributed by atoms with Gasteiger partial charge in [-0.15, -0.1) is 11.3 Å². The summed E-state index contributed by atoms with van der Waals surface area (Å²) in [7, 11) is 0. The van der Waals surface area contributed by atoms with Crippen LogP contribution in [0.3, 0.4) is 0 Å². The van der Waals surface area contributed by atoms with Gasteiger partial charge in [-0.05, 0) is 55.9 Å². The van der Waals surface area contributed by atoms with Crippen LogP contribution in [0.25, 0.3) is 0 Å². The molecule has 1 aliphatic carbocycles. The lowest BCUT2D eigenvalue weighted by atomic mass is 10.1. The number of anilines is 2. The Morgan fingerprint density at radius 2 is 2.00 bits per heavy atom. The van der Waals surface area contributed by atoms with Crippen molar-refractivity contribution in [2.45, 2.75) is 45.4 Å². The normalized spacial score (nSPS) is 16.1. The number of nitrogens with one attached hydrogen (secondary N) is 1. The Morgan fingerprint density at radius 1 is 1.16 bits per heavy atom. The number of carbonyl (C=O) groups is 2. The second-order valence-electron chi connectivity index (χ2n) is 6.67. The summed E-state index contributed by atoms with van der Waals surface area (Å²) in [6.45, 7) is 2.26. The molecule has 0 radical (unpaired) electrons. The number of hydrogen-bond donors (Lipinski definition) is 1. The second kappa shape index (κ2) is 6.59. The van der Waals surface area contributed by atoms with E-state index in [1.807, 2.05) is 12.1 Å². The van der Waals surface area contributed by atoms with Crippen molar-refractivity contribution >= 4 is 34.0 Å². The molecule has 0 fully saturated rings. The summed E-state index contributed by atoms with van der Waals surface area (Å²) in [5.41, 5.74) is 3.75. The fourth-order valence-corrected chi connectivity index (χ4v) is 4.67. The highest BCUT2D eigenvalue weighted by molar-refractivity contribution is 7.15. The van der Waals surface area contributed by atoms with Crippen molar-refractivity contribution in [1.82, 2.24) is 4.98 Å². The van der Waals surface area contributed by atoms with E-state index in [0.717, 1.165) is 36.2 Å². The van der Waals surface area contributed by atoms with Gasteiger partial charge >= 0.3 is 0 Å². The Kier molecular flexibility index (Phi) is 4.29. The zero-order valence-corrected chi connectivity index (χ0v) is 15.1. The Hall–Kier alpha value is -2.21. The molecule has 0 spiro atoms. The fourth-order valence-electron chi connectivity index (χ4n) is 3.62. The molecule has 0 saturated heterocycles. The Labute approximate surface area is 151 Å². The van der Waals surface area contributed by atoms with Crippen LogP contribution >= 0.6 is 11.3 Å². The molecule has 2 heterocycles. The predicted molar refractivity (Wildman–Crippen MR) is 99.5 cm³/mol. The van der Waals surface area contributed by atoms with Crippen LogP contribution in [0.2, 0.25) is 0 Å². The zero-order chi connectivity index (χ0) is 17.4. The predicted octanol–water partition coefficient (Wildman–Crippen LogP) is 3.57. The summed E-state index contributed by atoms with van der Waals surface area (Å²) in [6.07, 6.45) is 6.53. The van der Waals surface area contributed by atoms with E-state index in [1.165, 1.54) is 24.1 Å². The van der Waals surface area contributed by atoms with Crippen molar-refractivity contribution in [3.63, 3.8) is 0 Å². The topological polar surface area (TPSA) is 62.3 Å². The first kappa shape index (κ1) is 16.3. The third kappa shape index (κ3) is 3.18. The third-order valence-electron chi connectivity index (χ3n) is 4.93. The molecule has 0 saturated carbocycles. The highest BCUT2D eigenvalue weighted by Crippen LogP contribution is 2.31. The number of nitrogens with zero attached hydrogens (tertiary/aromatic N) is 2. The van der Waals surface area contributed by atoms with E-state index in [0.29, 0.717) is 17.2 Å². The molecular formula is C19H21N3O2S. The van der Waals surface area contributed by atoms with Crippen molar-refractivity contribution in [2.75, 3.05) is 16.8 Å². The Morgan fingerprint density at radius 3 is 2.84 bits per heavy atom. The summed E-state index contributed by atoms with van der Waals surface area (Å²) in [5, 5.41) is 3.65. The van der Waals surface area contributed by atoms with Gasteiger partial charge in [-0.25, -0.2) is 4.98 Å². The highest BCUT2D eigenvalue weighted by Gasteiger charge is 2.23. The van der Waals surface area contributed by atoms with Crippen molar-refractivity contribution in [1.29, 1.82) is 0 Å². The van der Waals surface area contributed by atoms with Crippen molar-refractivity contribution in [3.8, 4) is 0 Å². The van der Waals surface area contributed by atoms with Gasteiger partial charge in [0, 0.05) is 29.6 Å². The molecule has 1 aromatic carbocycles. The molecule has 2 aliphatic rings. The first-order valence-electron chi connectivity index (χ1n) is 8.83. The summed E-state index contributed by atoms with van der Waals surface area (Å²) >= 11 is 1.61. The number of aromatic nitrogens is 1. The molecule has 6 heteroatoms. The minimum absolute atomic E-state index is 0.0419. The minimum atomic E-state index is -0.131. The number of hydrogen-bond acceptors (Lipinski definition) is 4. The van der Waals surface area contributed by atoms with Crippen LogP contribution in [0.5, 0.6) is 0 Å². The van der Waals surface area contributed by atoms with E-state index in [9.17, 15) is 9.59 Å². The number of benzene rings is 1. The van der Waals surface area contributed by atoms with Crippen LogP contribution in [0.4, 0.5) is 10.8 Å². The third-order valence-corrected chi connectivity index (χ3v) is 6.01. The van der Waals surface area contributed by atoms with Gasteiger partial charge in [-0.1, -0.05) is 6.42 Å². The van der Waals surface area contributed by atoms with Crippen LogP contribution in [0.1, 0.15) is 52.7 Å². The van der Waals surface area contributed by atoms with Crippen molar-refractivity contribution in [2.24, 2.45) is 0 Å². The standard InChI is InChI=1S/C19H21N3O2S/c1-12(23)22-10-9-13-11-14(7-8-16(13)22)18(24)21-19-20-15-5-3-2-4-6-17(15)25-19/h7-8,11H,2-6,9-10H2,1H3,(H,20,21,24). The van der Waals surface area contributed by atoms with Gasteiger partial charge in [0.05, 0.1) is 5.69 Å². The molecule has 130 valence electrons.